The Morgan fingerprint density at radius 3 is 2.43 bits per heavy atom. The van der Waals surface area contributed by atoms with Gasteiger partial charge in [0.1, 0.15) is 17.3 Å². The van der Waals surface area contributed by atoms with Crippen LogP contribution >= 0.6 is 11.6 Å². The van der Waals surface area contributed by atoms with Crippen molar-refractivity contribution in [3.8, 4) is 11.5 Å². The van der Waals surface area contributed by atoms with Crippen LogP contribution in [0.1, 0.15) is 11.1 Å². The van der Waals surface area contributed by atoms with Crippen LogP contribution in [0.3, 0.4) is 0 Å². The number of ether oxygens (including phenoxy) is 2. The summed E-state index contributed by atoms with van der Waals surface area (Å²) in [6, 6.07) is 8.19. The molecule has 0 bridgehead atoms. The number of nitrogens with one attached hydrogen (secondary N) is 1. The smallest absolute Gasteiger partial charge is 0.143 e. The molecule has 21 heavy (non-hydrogen) atoms. The summed E-state index contributed by atoms with van der Waals surface area (Å²) in [7, 11) is 3.13. The predicted octanol–water partition coefficient (Wildman–Crippen LogP) is 4.42. The van der Waals surface area contributed by atoms with E-state index in [-0.39, 0.29) is 5.82 Å². The number of hydrogen-bond acceptors (Lipinski definition) is 3. The monoisotopic (exact) mass is 309 g/mol. The topological polar surface area (TPSA) is 30.5 Å². The minimum atomic E-state index is -0.234. The Bertz CT molecular complexity index is 646. The van der Waals surface area contributed by atoms with E-state index >= 15 is 0 Å². The average molecular weight is 310 g/mol. The van der Waals surface area contributed by atoms with Crippen LogP contribution in [0, 0.1) is 12.7 Å². The Balaban J connectivity index is 2.22. The second kappa shape index (κ2) is 6.68. The molecule has 0 spiro atoms. The van der Waals surface area contributed by atoms with Crippen LogP contribution < -0.4 is 14.8 Å². The fourth-order valence-electron chi connectivity index (χ4n) is 2.05. The Morgan fingerprint density at radius 1 is 1.10 bits per heavy atom. The first kappa shape index (κ1) is 15.4. The molecule has 3 nitrogen and oxygen atoms in total. The first-order valence-electron chi connectivity index (χ1n) is 6.45. The maximum atomic E-state index is 13.1. The molecule has 1 N–H and O–H groups in total. The lowest BCUT2D eigenvalue weighted by Gasteiger charge is -2.15. The molecule has 0 atom stereocenters. The van der Waals surface area contributed by atoms with Gasteiger partial charge < -0.3 is 14.8 Å². The zero-order chi connectivity index (χ0) is 15.4. The van der Waals surface area contributed by atoms with Crippen LogP contribution in [-0.4, -0.2) is 14.2 Å². The van der Waals surface area contributed by atoms with E-state index < -0.39 is 0 Å². The van der Waals surface area contributed by atoms with Gasteiger partial charge in [-0.15, -0.1) is 0 Å². The van der Waals surface area contributed by atoms with Crippen molar-refractivity contribution in [2.45, 2.75) is 13.5 Å². The van der Waals surface area contributed by atoms with E-state index in [1.165, 1.54) is 12.1 Å². The maximum absolute atomic E-state index is 13.1. The summed E-state index contributed by atoms with van der Waals surface area (Å²) in [5.41, 5.74) is 2.66. The Hall–Kier alpha value is -1.94. The molecule has 0 saturated carbocycles. The molecule has 0 saturated heterocycles. The fourth-order valence-corrected chi connectivity index (χ4v) is 2.28. The van der Waals surface area contributed by atoms with E-state index in [1.54, 1.807) is 32.4 Å². The molecular formula is C16H17ClFNO2. The van der Waals surface area contributed by atoms with E-state index in [2.05, 4.69) is 5.32 Å². The number of methoxy groups -OCH3 is 2. The highest BCUT2D eigenvalue weighted by molar-refractivity contribution is 6.32. The molecule has 2 aromatic rings. The summed E-state index contributed by atoms with van der Waals surface area (Å²) in [6.45, 7) is 2.42. The van der Waals surface area contributed by atoms with Gasteiger partial charge >= 0.3 is 0 Å². The summed E-state index contributed by atoms with van der Waals surface area (Å²) in [6.07, 6.45) is 0. The number of benzene rings is 2. The molecule has 0 aromatic heterocycles. The second-order valence-corrected chi connectivity index (χ2v) is 5.02. The van der Waals surface area contributed by atoms with E-state index in [0.717, 1.165) is 16.8 Å². The highest BCUT2D eigenvalue weighted by atomic mass is 35.5. The fraction of sp³-hybridized carbons (Fsp3) is 0.250. The molecule has 0 unspecified atom stereocenters. The molecule has 0 amide bonds. The minimum absolute atomic E-state index is 0.234. The summed E-state index contributed by atoms with van der Waals surface area (Å²) < 4.78 is 23.6. The Labute approximate surface area is 128 Å². The zero-order valence-electron chi connectivity index (χ0n) is 12.2. The van der Waals surface area contributed by atoms with E-state index in [0.29, 0.717) is 23.1 Å². The minimum Gasteiger partial charge on any atom is -0.495 e. The first-order valence-corrected chi connectivity index (χ1v) is 6.83. The van der Waals surface area contributed by atoms with Crippen LogP contribution in [0.2, 0.25) is 5.02 Å². The molecule has 2 rings (SSSR count). The van der Waals surface area contributed by atoms with Crippen LogP contribution in [0.4, 0.5) is 10.1 Å². The third-order valence-electron chi connectivity index (χ3n) is 3.25. The molecule has 0 aliphatic rings. The van der Waals surface area contributed by atoms with Crippen LogP contribution in [0.5, 0.6) is 11.5 Å². The number of rotatable bonds is 5. The molecule has 0 radical (unpaired) electrons. The maximum Gasteiger partial charge on any atom is 0.143 e. The van der Waals surface area contributed by atoms with Gasteiger partial charge in [0.05, 0.1) is 24.9 Å². The highest BCUT2D eigenvalue weighted by Gasteiger charge is 2.10. The van der Waals surface area contributed by atoms with E-state index in [4.69, 9.17) is 21.1 Å². The predicted molar refractivity (Wildman–Crippen MR) is 83.0 cm³/mol. The number of halogens is 2. The molecule has 0 aliphatic heterocycles. The van der Waals surface area contributed by atoms with Gasteiger partial charge in [0, 0.05) is 18.7 Å². The van der Waals surface area contributed by atoms with Gasteiger partial charge in [-0.2, -0.15) is 0 Å². The van der Waals surface area contributed by atoms with E-state index in [9.17, 15) is 4.39 Å². The normalized spacial score (nSPS) is 10.3. The van der Waals surface area contributed by atoms with E-state index in [1.807, 2.05) is 6.92 Å². The Kier molecular flexibility index (Phi) is 4.91. The number of hydrogen-bond donors (Lipinski definition) is 1. The quantitative estimate of drug-likeness (QED) is 0.887. The third kappa shape index (κ3) is 3.58. The lowest BCUT2D eigenvalue weighted by molar-refractivity contribution is 0.404. The van der Waals surface area contributed by atoms with Crippen molar-refractivity contribution in [2.24, 2.45) is 0 Å². The van der Waals surface area contributed by atoms with Crippen molar-refractivity contribution < 1.29 is 13.9 Å². The number of anilines is 1. The molecular weight excluding hydrogens is 293 g/mol. The molecule has 0 heterocycles. The van der Waals surface area contributed by atoms with Crippen molar-refractivity contribution in [3.05, 3.63) is 52.3 Å². The summed E-state index contributed by atoms with van der Waals surface area (Å²) in [5, 5.41) is 3.74. The molecule has 5 heteroatoms. The number of aryl methyl sites for hydroxylation is 1. The highest BCUT2D eigenvalue weighted by Crippen LogP contribution is 2.36. The van der Waals surface area contributed by atoms with Gasteiger partial charge in [0.25, 0.3) is 0 Å². The van der Waals surface area contributed by atoms with Crippen LogP contribution in [-0.2, 0) is 6.54 Å². The summed E-state index contributed by atoms with van der Waals surface area (Å²) >= 11 is 6.07. The summed E-state index contributed by atoms with van der Waals surface area (Å²) in [5.74, 6) is 0.957. The lowest BCUT2D eigenvalue weighted by Crippen LogP contribution is -2.04. The summed E-state index contributed by atoms with van der Waals surface area (Å²) in [4.78, 5) is 0. The first-order chi connectivity index (χ1) is 10.0. The van der Waals surface area contributed by atoms with Gasteiger partial charge in [-0.1, -0.05) is 17.7 Å². The zero-order valence-corrected chi connectivity index (χ0v) is 12.9. The average Bonchev–Trinajstić information content (AvgIpc) is 2.47. The van der Waals surface area contributed by atoms with Gasteiger partial charge in [0.15, 0.2) is 0 Å². The van der Waals surface area contributed by atoms with Crippen LogP contribution in [0.25, 0.3) is 0 Å². The van der Waals surface area contributed by atoms with Crippen molar-refractivity contribution in [1.29, 1.82) is 0 Å². The second-order valence-electron chi connectivity index (χ2n) is 4.61. The molecule has 112 valence electrons. The van der Waals surface area contributed by atoms with Crippen molar-refractivity contribution in [1.82, 2.24) is 0 Å². The Morgan fingerprint density at radius 2 is 1.81 bits per heavy atom. The SMILES string of the molecule is COc1cc(NCc2ccc(F)cc2C)c(OC)cc1Cl. The van der Waals surface area contributed by atoms with Gasteiger partial charge in [-0.05, 0) is 30.2 Å². The van der Waals surface area contributed by atoms with Crippen molar-refractivity contribution in [3.63, 3.8) is 0 Å². The molecule has 0 fully saturated rings. The van der Waals surface area contributed by atoms with Gasteiger partial charge in [-0.25, -0.2) is 4.39 Å². The van der Waals surface area contributed by atoms with Gasteiger partial charge in [0.2, 0.25) is 0 Å². The van der Waals surface area contributed by atoms with Crippen molar-refractivity contribution in [2.75, 3.05) is 19.5 Å². The lowest BCUT2D eigenvalue weighted by atomic mass is 10.1. The molecule has 2 aromatic carbocycles. The standard InChI is InChI=1S/C16H17ClFNO2/c1-10-6-12(18)5-4-11(10)9-19-14-8-15(20-2)13(17)7-16(14)21-3/h4-8,19H,9H2,1-3H3. The van der Waals surface area contributed by atoms with Gasteiger partial charge in [-0.3, -0.25) is 0 Å². The van der Waals surface area contributed by atoms with Crippen molar-refractivity contribution >= 4 is 17.3 Å². The largest absolute Gasteiger partial charge is 0.495 e. The third-order valence-corrected chi connectivity index (χ3v) is 3.54. The van der Waals surface area contributed by atoms with Crippen LogP contribution in [0.15, 0.2) is 30.3 Å². The molecule has 0 aliphatic carbocycles.